The molecule has 8 rings (SSSR count). The topological polar surface area (TPSA) is 130 Å². The molecule has 2 saturated heterocycles. The number of carbonyl (C=O) groups excluding carboxylic acids is 2. The molecule has 3 aromatic carbocycles. The van der Waals surface area contributed by atoms with Crippen LogP contribution < -0.4 is 0 Å². The second-order valence-electron chi connectivity index (χ2n) is 14.0. The average Bonchev–Trinajstić information content (AvgIpc) is 4.02. The molecule has 2 amide bonds. The van der Waals surface area contributed by atoms with Crippen LogP contribution in [0.5, 0.6) is 0 Å². The van der Waals surface area contributed by atoms with Crippen LogP contribution in [0.4, 0.5) is 0 Å². The summed E-state index contributed by atoms with van der Waals surface area (Å²) in [4.78, 5) is 56.4. The minimum Gasteiger partial charge on any atom is -0.348 e. The summed E-state index contributed by atoms with van der Waals surface area (Å²) >= 11 is 0. The molecule has 52 heavy (non-hydrogen) atoms. The molecular formula is C41H43N9O2. The minimum absolute atomic E-state index is 0.0532. The number of amides is 2. The molecule has 3 atom stereocenters. The van der Waals surface area contributed by atoms with Crippen LogP contribution in [-0.2, 0) is 16.0 Å². The number of likely N-dealkylation sites (N-methyl/N-ethyl adjacent to an activating group) is 1. The van der Waals surface area contributed by atoms with Gasteiger partial charge >= 0.3 is 0 Å². The largest absolute Gasteiger partial charge is 0.348 e. The molecule has 6 aromatic rings. The van der Waals surface area contributed by atoms with Crippen molar-refractivity contribution in [2.45, 2.75) is 50.2 Å². The number of aromatic nitrogens is 6. The van der Waals surface area contributed by atoms with Gasteiger partial charge in [-0.3, -0.25) is 14.5 Å². The maximum atomic E-state index is 13.9. The molecule has 264 valence electrons. The summed E-state index contributed by atoms with van der Waals surface area (Å²) in [5.74, 6) is 1.84. The summed E-state index contributed by atoms with van der Waals surface area (Å²) in [6.45, 7) is 1.45. The van der Waals surface area contributed by atoms with Crippen molar-refractivity contribution >= 4 is 11.8 Å². The number of hydrogen-bond donors (Lipinski definition) is 3. The van der Waals surface area contributed by atoms with Gasteiger partial charge < -0.3 is 24.8 Å². The molecule has 2 fully saturated rings. The van der Waals surface area contributed by atoms with Crippen molar-refractivity contribution < 1.29 is 9.59 Å². The second-order valence-corrected chi connectivity index (χ2v) is 14.0. The van der Waals surface area contributed by atoms with E-state index in [0.29, 0.717) is 6.42 Å². The SMILES string of the molecule is CN(C)[C@@H](C(=O)N1CCC[C@H]1c1ncc(-c2ccc(-c3ccc(-c4cnc([C@@H]5CCCN5C(=O)Cc5cnc[nH]5)[nH]4)cc3)cc2)[nH]1)c1ccccc1. The minimum atomic E-state index is -0.339. The van der Waals surface area contributed by atoms with E-state index >= 15 is 0 Å². The molecular weight excluding hydrogens is 651 g/mol. The first-order valence-corrected chi connectivity index (χ1v) is 18.0. The first kappa shape index (κ1) is 33.3. The van der Waals surface area contributed by atoms with Gasteiger partial charge in [-0.05, 0) is 67.6 Å². The predicted molar refractivity (Wildman–Crippen MR) is 200 cm³/mol. The molecule has 3 aromatic heterocycles. The van der Waals surface area contributed by atoms with E-state index in [0.717, 1.165) is 95.3 Å². The fourth-order valence-electron chi connectivity index (χ4n) is 7.75. The van der Waals surface area contributed by atoms with Gasteiger partial charge in [0.2, 0.25) is 11.8 Å². The van der Waals surface area contributed by atoms with Gasteiger partial charge in [-0.25, -0.2) is 15.0 Å². The standard InChI is InChI=1S/C41H43N9O2/c1-48(2)38(31-8-4-3-5-9-31)41(52)50-21-7-11-36(50)40-44-25-34(47-40)30-18-14-28(15-19-30)27-12-16-29(17-13-27)33-24-43-39(46-33)35-10-6-20-49(35)37(51)22-32-23-42-26-45-32/h3-5,8-9,12-19,23-26,35-36,38H,6-7,10-11,20-22H2,1-2H3,(H,42,45)(H,43,46)(H,44,47)/t35-,36-,38+/m0/s1. The van der Waals surface area contributed by atoms with Gasteiger partial charge in [0.15, 0.2) is 0 Å². The summed E-state index contributed by atoms with van der Waals surface area (Å²) in [5.41, 5.74) is 7.98. The number of benzene rings is 3. The van der Waals surface area contributed by atoms with Gasteiger partial charge in [0.25, 0.3) is 0 Å². The lowest BCUT2D eigenvalue weighted by molar-refractivity contribution is -0.137. The first-order chi connectivity index (χ1) is 25.4. The van der Waals surface area contributed by atoms with Crippen molar-refractivity contribution in [2.75, 3.05) is 27.2 Å². The van der Waals surface area contributed by atoms with E-state index in [2.05, 4.69) is 68.5 Å². The van der Waals surface area contributed by atoms with Crippen LogP contribution in [0.25, 0.3) is 33.6 Å². The summed E-state index contributed by atoms with van der Waals surface area (Å²) in [7, 11) is 3.92. The number of nitrogens with zero attached hydrogens (tertiary/aromatic N) is 6. The van der Waals surface area contributed by atoms with Crippen LogP contribution in [0, 0.1) is 0 Å². The van der Waals surface area contributed by atoms with Gasteiger partial charge in [0.1, 0.15) is 17.7 Å². The third kappa shape index (κ3) is 6.67. The van der Waals surface area contributed by atoms with Crippen LogP contribution in [0.15, 0.2) is 104 Å². The Hall–Kier alpha value is -5.81. The van der Waals surface area contributed by atoms with E-state index in [-0.39, 0.29) is 29.9 Å². The van der Waals surface area contributed by atoms with Crippen molar-refractivity contribution in [3.05, 3.63) is 127 Å². The lowest BCUT2D eigenvalue weighted by atomic mass is 10.0. The Morgan fingerprint density at radius 3 is 1.81 bits per heavy atom. The number of imidazole rings is 3. The van der Waals surface area contributed by atoms with Crippen LogP contribution in [0.1, 0.15) is 66.7 Å². The number of carbonyl (C=O) groups is 2. The molecule has 2 aliphatic rings. The molecule has 0 bridgehead atoms. The fourth-order valence-corrected chi connectivity index (χ4v) is 7.75. The Kier molecular flexibility index (Phi) is 9.25. The quantitative estimate of drug-likeness (QED) is 0.146. The Bertz CT molecular complexity index is 2120. The van der Waals surface area contributed by atoms with Gasteiger partial charge in [-0.15, -0.1) is 0 Å². The Balaban J connectivity index is 0.925. The lowest BCUT2D eigenvalue weighted by Gasteiger charge is -2.31. The smallest absolute Gasteiger partial charge is 0.245 e. The molecule has 0 aliphatic carbocycles. The number of H-pyrrole nitrogens is 3. The highest BCUT2D eigenvalue weighted by atomic mass is 16.2. The van der Waals surface area contributed by atoms with Crippen molar-refractivity contribution in [1.29, 1.82) is 0 Å². The highest BCUT2D eigenvalue weighted by molar-refractivity contribution is 5.84. The van der Waals surface area contributed by atoms with E-state index in [4.69, 9.17) is 9.97 Å². The maximum absolute atomic E-state index is 13.9. The Labute approximate surface area is 303 Å². The van der Waals surface area contributed by atoms with Crippen LogP contribution in [-0.4, -0.2) is 83.6 Å². The number of rotatable bonds is 10. The van der Waals surface area contributed by atoms with E-state index < -0.39 is 0 Å². The number of hydrogen-bond acceptors (Lipinski definition) is 6. The third-order valence-electron chi connectivity index (χ3n) is 10.4. The molecule has 0 unspecified atom stereocenters. The zero-order chi connectivity index (χ0) is 35.6. The average molecular weight is 694 g/mol. The first-order valence-electron chi connectivity index (χ1n) is 18.0. The van der Waals surface area contributed by atoms with E-state index in [1.54, 1.807) is 12.5 Å². The maximum Gasteiger partial charge on any atom is 0.245 e. The van der Waals surface area contributed by atoms with Gasteiger partial charge in [-0.2, -0.15) is 0 Å². The van der Waals surface area contributed by atoms with E-state index in [1.165, 1.54) is 0 Å². The molecule has 11 heteroatoms. The summed E-state index contributed by atoms with van der Waals surface area (Å²) in [6, 6.07) is 26.4. The Morgan fingerprint density at radius 2 is 1.27 bits per heavy atom. The molecule has 0 saturated carbocycles. The third-order valence-corrected chi connectivity index (χ3v) is 10.4. The zero-order valence-corrected chi connectivity index (χ0v) is 29.5. The molecule has 0 radical (unpaired) electrons. The predicted octanol–water partition coefficient (Wildman–Crippen LogP) is 6.73. The summed E-state index contributed by atoms with van der Waals surface area (Å²) in [5, 5.41) is 0. The van der Waals surface area contributed by atoms with Crippen LogP contribution >= 0.6 is 0 Å². The number of aromatic amines is 3. The van der Waals surface area contributed by atoms with Crippen molar-refractivity contribution in [1.82, 2.24) is 44.6 Å². The van der Waals surface area contributed by atoms with Crippen molar-refractivity contribution in [3.8, 4) is 33.6 Å². The van der Waals surface area contributed by atoms with Crippen LogP contribution in [0.3, 0.4) is 0 Å². The molecule has 5 heterocycles. The van der Waals surface area contributed by atoms with Gasteiger partial charge in [-0.1, -0.05) is 78.9 Å². The normalized spacial score (nSPS) is 18.0. The monoisotopic (exact) mass is 693 g/mol. The summed E-state index contributed by atoms with van der Waals surface area (Å²) < 4.78 is 0. The number of likely N-dealkylation sites (tertiary alicyclic amines) is 2. The highest BCUT2D eigenvalue weighted by Crippen LogP contribution is 2.36. The second kappa shape index (κ2) is 14.4. The van der Waals surface area contributed by atoms with Gasteiger partial charge in [0, 0.05) is 25.0 Å². The summed E-state index contributed by atoms with van der Waals surface area (Å²) in [6.07, 6.45) is 11.0. The lowest BCUT2D eigenvalue weighted by Crippen LogP contribution is -2.40. The van der Waals surface area contributed by atoms with E-state index in [9.17, 15) is 9.59 Å². The van der Waals surface area contributed by atoms with E-state index in [1.807, 2.05) is 71.5 Å². The fraction of sp³-hybridized carbons (Fsp3) is 0.293. The van der Waals surface area contributed by atoms with Crippen molar-refractivity contribution in [3.63, 3.8) is 0 Å². The van der Waals surface area contributed by atoms with Crippen molar-refractivity contribution in [2.24, 2.45) is 0 Å². The van der Waals surface area contributed by atoms with Gasteiger partial charge in [0.05, 0.1) is 48.6 Å². The highest BCUT2D eigenvalue weighted by Gasteiger charge is 2.37. The molecule has 0 spiro atoms. The Morgan fingerprint density at radius 1 is 0.731 bits per heavy atom. The molecule has 2 aliphatic heterocycles. The molecule has 3 N–H and O–H groups in total. The zero-order valence-electron chi connectivity index (χ0n) is 29.5. The number of nitrogens with one attached hydrogen (secondary N) is 3. The molecule has 11 nitrogen and oxygen atoms in total. The van der Waals surface area contributed by atoms with Crippen LogP contribution in [0.2, 0.25) is 0 Å².